The van der Waals surface area contributed by atoms with Crippen molar-refractivity contribution >= 4 is 11.5 Å². The summed E-state index contributed by atoms with van der Waals surface area (Å²) >= 11 is 0. The van der Waals surface area contributed by atoms with Crippen LogP contribution in [0.1, 0.15) is 12.5 Å². The molecule has 0 radical (unpaired) electrons. The molecule has 2 heteroatoms. The monoisotopic (exact) mass is 175 g/mol. The van der Waals surface area contributed by atoms with E-state index in [2.05, 4.69) is 5.32 Å². The van der Waals surface area contributed by atoms with Crippen LogP contribution in [0.5, 0.6) is 0 Å². The Hall–Kier alpha value is -1.57. The molecule has 0 aromatic heterocycles. The molecule has 0 aliphatic rings. The summed E-state index contributed by atoms with van der Waals surface area (Å²) in [6.07, 6.45) is 3.15. The van der Waals surface area contributed by atoms with Gasteiger partial charge in [0.15, 0.2) is 5.78 Å². The van der Waals surface area contributed by atoms with E-state index in [1.54, 1.807) is 6.20 Å². The van der Waals surface area contributed by atoms with E-state index in [0.717, 1.165) is 5.69 Å². The van der Waals surface area contributed by atoms with E-state index in [-0.39, 0.29) is 5.78 Å². The van der Waals surface area contributed by atoms with Gasteiger partial charge in [0.2, 0.25) is 0 Å². The van der Waals surface area contributed by atoms with Gasteiger partial charge in [-0.3, -0.25) is 4.79 Å². The van der Waals surface area contributed by atoms with Crippen molar-refractivity contribution in [1.82, 2.24) is 0 Å². The molecule has 1 rings (SSSR count). The Kier molecular flexibility index (Phi) is 3.26. The molecule has 68 valence electrons. The summed E-state index contributed by atoms with van der Waals surface area (Å²) in [5, 5.41) is 3.00. The third-order valence-electron chi connectivity index (χ3n) is 1.62. The van der Waals surface area contributed by atoms with Crippen LogP contribution in [0.3, 0.4) is 0 Å². The number of benzene rings is 1. The Morgan fingerprint density at radius 3 is 2.46 bits per heavy atom. The summed E-state index contributed by atoms with van der Waals surface area (Å²) in [5.74, 6) is 0.0413. The van der Waals surface area contributed by atoms with Gasteiger partial charge in [0, 0.05) is 11.9 Å². The van der Waals surface area contributed by atoms with Crippen LogP contribution in [0.25, 0.3) is 0 Å². The van der Waals surface area contributed by atoms with Crippen molar-refractivity contribution in [3.63, 3.8) is 0 Å². The lowest BCUT2D eigenvalue weighted by atomic mass is 10.2. The van der Waals surface area contributed by atoms with E-state index < -0.39 is 0 Å². The van der Waals surface area contributed by atoms with Gasteiger partial charge < -0.3 is 5.32 Å². The summed E-state index contributed by atoms with van der Waals surface area (Å²) in [6.45, 7) is 3.56. The molecule has 1 N–H and O–H groups in total. The fourth-order valence-corrected chi connectivity index (χ4v) is 0.905. The van der Waals surface area contributed by atoms with Gasteiger partial charge in [-0.2, -0.15) is 0 Å². The smallest absolute Gasteiger partial charge is 0.154 e. The summed E-state index contributed by atoms with van der Waals surface area (Å²) in [6, 6.07) is 7.98. The number of carbonyl (C=O) groups excluding carboxylic acids is 1. The Balaban J connectivity index is 2.55. The first-order chi connectivity index (χ1) is 6.18. The Morgan fingerprint density at radius 2 is 1.92 bits per heavy atom. The number of hydrogen-bond acceptors (Lipinski definition) is 2. The zero-order valence-electron chi connectivity index (χ0n) is 7.87. The molecule has 0 unspecified atom stereocenters. The van der Waals surface area contributed by atoms with Crippen molar-refractivity contribution in [2.45, 2.75) is 13.8 Å². The van der Waals surface area contributed by atoms with Gasteiger partial charge in [0.05, 0.1) is 0 Å². The van der Waals surface area contributed by atoms with Gasteiger partial charge in [0.25, 0.3) is 0 Å². The molecule has 0 fully saturated rings. The van der Waals surface area contributed by atoms with Crippen LogP contribution in [0.2, 0.25) is 0 Å². The number of allylic oxidation sites excluding steroid dienone is 1. The summed E-state index contributed by atoms with van der Waals surface area (Å²) in [5.41, 5.74) is 2.21. The molecule has 13 heavy (non-hydrogen) atoms. The molecule has 0 aliphatic heterocycles. The number of nitrogens with one attached hydrogen (secondary N) is 1. The highest BCUT2D eigenvalue weighted by atomic mass is 16.1. The summed E-state index contributed by atoms with van der Waals surface area (Å²) in [4.78, 5) is 10.6. The van der Waals surface area contributed by atoms with Crippen LogP contribution in [-0.2, 0) is 4.79 Å². The number of ketones is 1. The lowest BCUT2D eigenvalue weighted by Gasteiger charge is -1.99. The zero-order valence-corrected chi connectivity index (χ0v) is 7.87. The zero-order chi connectivity index (χ0) is 9.68. The number of carbonyl (C=O) groups is 1. The molecule has 0 aliphatic carbocycles. The van der Waals surface area contributed by atoms with E-state index in [0.29, 0.717) is 0 Å². The largest absolute Gasteiger partial charge is 0.362 e. The minimum absolute atomic E-state index is 0.0413. The van der Waals surface area contributed by atoms with E-state index >= 15 is 0 Å². The fraction of sp³-hybridized carbons (Fsp3) is 0.182. The van der Waals surface area contributed by atoms with Crippen LogP contribution in [0.4, 0.5) is 5.69 Å². The second kappa shape index (κ2) is 4.45. The first-order valence-electron chi connectivity index (χ1n) is 4.19. The van der Waals surface area contributed by atoms with Crippen molar-refractivity contribution in [3.8, 4) is 0 Å². The summed E-state index contributed by atoms with van der Waals surface area (Å²) < 4.78 is 0. The maximum atomic E-state index is 10.6. The minimum atomic E-state index is 0.0413. The first-order valence-corrected chi connectivity index (χ1v) is 4.19. The minimum Gasteiger partial charge on any atom is -0.362 e. The number of aryl methyl sites for hydroxylation is 1. The maximum Gasteiger partial charge on any atom is 0.154 e. The molecule has 0 atom stereocenters. The lowest BCUT2D eigenvalue weighted by molar-refractivity contribution is -0.112. The highest BCUT2D eigenvalue weighted by molar-refractivity contribution is 5.87. The predicted molar refractivity (Wildman–Crippen MR) is 54.6 cm³/mol. The molecular formula is C11H13NO. The van der Waals surface area contributed by atoms with Crippen molar-refractivity contribution in [1.29, 1.82) is 0 Å². The number of rotatable bonds is 3. The number of hydrogen-bond donors (Lipinski definition) is 1. The molecule has 1 aromatic carbocycles. The van der Waals surface area contributed by atoms with Gasteiger partial charge >= 0.3 is 0 Å². The molecule has 0 heterocycles. The standard InChI is InChI=1S/C11H13NO/c1-9-3-5-11(6-4-9)12-8-7-10(2)13/h3-8,12H,1-2H3/b8-7+. The van der Waals surface area contributed by atoms with Gasteiger partial charge in [-0.25, -0.2) is 0 Å². The van der Waals surface area contributed by atoms with E-state index in [4.69, 9.17) is 0 Å². The third kappa shape index (κ3) is 3.56. The van der Waals surface area contributed by atoms with Crippen molar-refractivity contribution in [2.75, 3.05) is 5.32 Å². The number of anilines is 1. The van der Waals surface area contributed by atoms with Gasteiger partial charge in [-0.1, -0.05) is 17.7 Å². The molecular weight excluding hydrogens is 162 g/mol. The molecule has 0 saturated heterocycles. The second-order valence-electron chi connectivity index (χ2n) is 2.95. The highest BCUT2D eigenvalue weighted by Crippen LogP contribution is 2.07. The lowest BCUT2D eigenvalue weighted by Crippen LogP contribution is -1.89. The maximum absolute atomic E-state index is 10.6. The van der Waals surface area contributed by atoms with Crippen LogP contribution in [-0.4, -0.2) is 5.78 Å². The van der Waals surface area contributed by atoms with Gasteiger partial charge in [-0.05, 0) is 32.1 Å². The highest BCUT2D eigenvalue weighted by Gasteiger charge is 1.87. The average molecular weight is 175 g/mol. The first kappa shape index (κ1) is 9.52. The molecule has 2 nitrogen and oxygen atoms in total. The van der Waals surface area contributed by atoms with Crippen LogP contribution in [0.15, 0.2) is 36.5 Å². The SMILES string of the molecule is CC(=O)/C=C/Nc1ccc(C)cc1. The molecule has 0 bridgehead atoms. The van der Waals surface area contributed by atoms with E-state index in [1.165, 1.54) is 18.6 Å². The van der Waals surface area contributed by atoms with Crippen LogP contribution in [0, 0.1) is 6.92 Å². The van der Waals surface area contributed by atoms with Crippen LogP contribution < -0.4 is 5.32 Å². The second-order valence-corrected chi connectivity index (χ2v) is 2.95. The van der Waals surface area contributed by atoms with Crippen molar-refractivity contribution in [2.24, 2.45) is 0 Å². The predicted octanol–water partition coefficient (Wildman–Crippen LogP) is 2.51. The molecule has 0 saturated carbocycles. The topological polar surface area (TPSA) is 29.1 Å². The Morgan fingerprint density at radius 1 is 1.31 bits per heavy atom. The van der Waals surface area contributed by atoms with Crippen LogP contribution >= 0.6 is 0 Å². The fourth-order valence-electron chi connectivity index (χ4n) is 0.905. The molecule has 1 aromatic rings. The normalized spacial score (nSPS) is 10.3. The van der Waals surface area contributed by atoms with Gasteiger partial charge in [-0.15, -0.1) is 0 Å². The molecule has 0 amide bonds. The van der Waals surface area contributed by atoms with E-state index in [1.807, 2.05) is 31.2 Å². The Labute approximate surface area is 78.3 Å². The van der Waals surface area contributed by atoms with E-state index in [9.17, 15) is 4.79 Å². The quantitative estimate of drug-likeness (QED) is 0.715. The Bertz CT molecular complexity index is 311. The summed E-state index contributed by atoms with van der Waals surface area (Å²) in [7, 11) is 0. The van der Waals surface area contributed by atoms with Gasteiger partial charge in [0.1, 0.15) is 0 Å². The average Bonchev–Trinajstić information content (AvgIpc) is 2.08. The van der Waals surface area contributed by atoms with Crippen molar-refractivity contribution in [3.05, 3.63) is 42.1 Å². The molecule has 0 spiro atoms. The van der Waals surface area contributed by atoms with Crippen molar-refractivity contribution < 1.29 is 4.79 Å². The third-order valence-corrected chi connectivity index (χ3v) is 1.62.